The topological polar surface area (TPSA) is 45.5 Å². The van der Waals surface area contributed by atoms with Crippen molar-refractivity contribution in [1.82, 2.24) is 4.90 Å². The quantitative estimate of drug-likeness (QED) is 0.753. The Morgan fingerprint density at radius 1 is 1.12 bits per heavy atom. The van der Waals surface area contributed by atoms with E-state index in [2.05, 4.69) is 51.2 Å². The predicted molar refractivity (Wildman–Crippen MR) is 101 cm³/mol. The SMILES string of the molecule is COc1cc(Br)c(C2CN(Cc3ccccc3)CC2C#N)cc1OC. The highest BCUT2D eigenvalue weighted by molar-refractivity contribution is 9.10. The van der Waals surface area contributed by atoms with Crippen LogP contribution in [0, 0.1) is 17.2 Å². The van der Waals surface area contributed by atoms with Crippen LogP contribution in [0.2, 0.25) is 0 Å². The molecule has 2 aromatic carbocycles. The molecule has 2 unspecified atom stereocenters. The molecule has 4 nitrogen and oxygen atoms in total. The average molecular weight is 401 g/mol. The van der Waals surface area contributed by atoms with Crippen LogP contribution in [0.15, 0.2) is 46.9 Å². The van der Waals surface area contributed by atoms with Crippen LogP contribution < -0.4 is 9.47 Å². The smallest absolute Gasteiger partial charge is 0.161 e. The number of hydrogen-bond acceptors (Lipinski definition) is 4. The molecule has 2 aromatic rings. The third-order valence-electron chi connectivity index (χ3n) is 4.71. The molecule has 2 atom stereocenters. The van der Waals surface area contributed by atoms with Gasteiger partial charge >= 0.3 is 0 Å². The highest BCUT2D eigenvalue weighted by Crippen LogP contribution is 2.41. The number of hydrogen-bond donors (Lipinski definition) is 0. The van der Waals surface area contributed by atoms with E-state index in [9.17, 15) is 5.26 Å². The molecule has 1 fully saturated rings. The van der Waals surface area contributed by atoms with Crippen molar-refractivity contribution in [2.45, 2.75) is 12.5 Å². The first-order valence-corrected chi connectivity index (χ1v) is 9.03. The zero-order valence-electron chi connectivity index (χ0n) is 14.4. The highest BCUT2D eigenvalue weighted by Gasteiger charge is 2.35. The molecule has 0 spiro atoms. The molecule has 25 heavy (non-hydrogen) atoms. The van der Waals surface area contributed by atoms with Crippen LogP contribution in [-0.2, 0) is 6.54 Å². The molecule has 1 aliphatic rings. The number of nitrogens with zero attached hydrogens (tertiary/aromatic N) is 2. The van der Waals surface area contributed by atoms with Crippen LogP contribution in [0.25, 0.3) is 0 Å². The summed E-state index contributed by atoms with van der Waals surface area (Å²) in [6.07, 6.45) is 0. The lowest BCUT2D eigenvalue weighted by Crippen LogP contribution is -2.20. The summed E-state index contributed by atoms with van der Waals surface area (Å²) in [4.78, 5) is 2.34. The van der Waals surface area contributed by atoms with Crippen molar-refractivity contribution in [2.24, 2.45) is 5.92 Å². The zero-order chi connectivity index (χ0) is 17.8. The van der Waals surface area contributed by atoms with Gasteiger partial charge in [0.2, 0.25) is 0 Å². The Kier molecular flexibility index (Phi) is 5.62. The lowest BCUT2D eigenvalue weighted by molar-refractivity contribution is 0.322. The molecular weight excluding hydrogens is 380 g/mol. The average Bonchev–Trinajstić information content (AvgIpc) is 3.04. The monoisotopic (exact) mass is 400 g/mol. The van der Waals surface area contributed by atoms with Gasteiger partial charge in [0.15, 0.2) is 11.5 Å². The third-order valence-corrected chi connectivity index (χ3v) is 5.40. The van der Waals surface area contributed by atoms with Crippen LogP contribution in [-0.4, -0.2) is 32.2 Å². The molecule has 5 heteroatoms. The first-order chi connectivity index (χ1) is 12.2. The normalized spacial score (nSPS) is 20.2. The van der Waals surface area contributed by atoms with Crippen LogP contribution in [0.5, 0.6) is 11.5 Å². The van der Waals surface area contributed by atoms with E-state index in [-0.39, 0.29) is 11.8 Å². The second-order valence-electron chi connectivity index (χ2n) is 6.25. The van der Waals surface area contributed by atoms with Crippen molar-refractivity contribution < 1.29 is 9.47 Å². The van der Waals surface area contributed by atoms with Crippen molar-refractivity contribution in [3.8, 4) is 17.6 Å². The molecule has 0 radical (unpaired) electrons. The molecule has 3 rings (SSSR count). The van der Waals surface area contributed by atoms with E-state index in [0.29, 0.717) is 11.5 Å². The van der Waals surface area contributed by atoms with Gasteiger partial charge in [0, 0.05) is 30.0 Å². The van der Waals surface area contributed by atoms with E-state index in [1.54, 1.807) is 14.2 Å². The molecule has 0 aliphatic carbocycles. The van der Waals surface area contributed by atoms with Crippen molar-refractivity contribution in [2.75, 3.05) is 27.3 Å². The van der Waals surface area contributed by atoms with E-state index in [1.807, 2.05) is 18.2 Å². The molecule has 0 N–H and O–H groups in total. The van der Waals surface area contributed by atoms with Crippen molar-refractivity contribution >= 4 is 15.9 Å². The Labute approximate surface area is 157 Å². The first kappa shape index (κ1) is 17.8. The summed E-state index contributed by atoms with van der Waals surface area (Å²) < 4.78 is 11.8. The minimum atomic E-state index is -0.0434. The van der Waals surface area contributed by atoms with Gasteiger partial charge in [0.1, 0.15) is 0 Å². The van der Waals surface area contributed by atoms with E-state index >= 15 is 0 Å². The number of halogens is 1. The fourth-order valence-electron chi connectivity index (χ4n) is 3.46. The summed E-state index contributed by atoms with van der Waals surface area (Å²) in [5, 5.41) is 9.65. The summed E-state index contributed by atoms with van der Waals surface area (Å²) in [6.45, 7) is 2.48. The molecule has 0 saturated carbocycles. The van der Waals surface area contributed by atoms with Crippen molar-refractivity contribution in [1.29, 1.82) is 5.26 Å². The van der Waals surface area contributed by atoms with Gasteiger partial charge in [-0.05, 0) is 23.3 Å². The number of likely N-dealkylation sites (tertiary alicyclic amines) is 1. The molecule has 1 saturated heterocycles. The fraction of sp³-hybridized carbons (Fsp3) is 0.350. The van der Waals surface area contributed by atoms with Gasteiger partial charge in [-0.15, -0.1) is 0 Å². The molecule has 130 valence electrons. The number of rotatable bonds is 5. The van der Waals surface area contributed by atoms with Gasteiger partial charge in [-0.25, -0.2) is 0 Å². The number of methoxy groups -OCH3 is 2. The van der Waals surface area contributed by atoms with Gasteiger partial charge in [-0.2, -0.15) is 5.26 Å². The number of nitriles is 1. The summed E-state index contributed by atoms with van der Waals surface area (Å²) >= 11 is 3.64. The van der Waals surface area contributed by atoms with Gasteiger partial charge in [-0.1, -0.05) is 46.3 Å². The van der Waals surface area contributed by atoms with Crippen molar-refractivity contribution in [3.63, 3.8) is 0 Å². The number of benzene rings is 2. The van der Waals surface area contributed by atoms with Gasteiger partial charge in [0.25, 0.3) is 0 Å². The van der Waals surface area contributed by atoms with E-state index in [0.717, 1.165) is 29.7 Å². The third kappa shape index (κ3) is 3.81. The van der Waals surface area contributed by atoms with Gasteiger partial charge < -0.3 is 9.47 Å². The molecule has 0 bridgehead atoms. The maximum atomic E-state index is 9.65. The van der Waals surface area contributed by atoms with Gasteiger partial charge in [0.05, 0.1) is 26.2 Å². The Morgan fingerprint density at radius 2 is 1.80 bits per heavy atom. The Hall–Kier alpha value is -2.03. The highest BCUT2D eigenvalue weighted by atomic mass is 79.9. The summed E-state index contributed by atoms with van der Waals surface area (Å²) in [6, 6.07) is 16.8. The lowest BCUT2D eigenvalue weighted by atomic mass is 9.90. The second kappa shape index (κ2) is 7.90. The molecule has 0 amide bonds. The second-order valence-corrected chi connectivity index (χ2v) is 7.10. The minimum absolute atomic E-state index is 0.0434. The van der Waals surface area contributed by atoms with E-state index in [4.69, 9.17) is 9.47 Å². The van der Waals surface area contributed by atoms with Crippen LogP contribution in [0.1, 0.15) is 17.0 Å². The maximum Gasteiger partial charge on any atom is 0.161 e. The lowest BCUT2D eigenvalue weighted by Gasteiger charge is -2.19. The summed E-state index contributed by atoms with van der Waals surface area (Å²) in [5.41, 5.74) is 2.37. The largest absolute Gasteiger partial charge is 0.493 e. The van der Waals surface area contributed by atoms with E-state index < -0.39 is 0 Å². The Morgan fingerprint density at radius 3 is 2.44 bits per heavy atom. The van der Waals surface area contributed by atoms with E-state index in [1.165, 1.54) is 5.56 Å². The Balaban J connectivity index is 1.85. The number of ether oxygens (including phenoxy) is 2. The predicted octanol–water partition coefficient (Wildman–Crippen LogP) is 4.21. The molecular formula is C20H21BrN2O2. The standard InChI is InChI=1S/C20H21BrN2O2/c1-24-19-8-16(18(21)9-20(19)25-2)17-13-23(12-15(17)10-22)11-14-6-4-3-5-7-14/h3-9,15,17H,11-13H2,1-2H3. The molecule has 0 aromatic heterocycles. The first-order valence-electron chi connectivity index (χ1n) is 8.23. The van der Waals surface area contributed by atoms with Crippen molar-refractivity contribution in [3.05, 3.63) is 58.1 Å². The van der Waals surface area contributed by atoms with Crippen LogP contribution in [0.4, 0.5) is 0 Å². The molecule has 1 aliphatic heterocycles. The van der Waals surface area contributed by atoms with Crippen LogP contribution in [0.3, 0.4) is 0 Å². The summed E-state index contributed by atoms with van der Waals surface area (Å²) in [5.74, 6) is 1.48. The van der Waals surface area contributed by atoms with Gasteiger partial charge in [-0.3, -0.25) is 4.90 Å². The zero-order valence-corrected chi connectivity index (χ0v) is 16.0. The maximum absolute atomic E-state index is 9.65. The Bertz CT molecular complexity index is 773. The molecule has 1 heterocycles. The summed E-state index contributed by atoms with van der Waals surface area (Å²) in [7, 11) is 3.26. The van der Waals surface area contributed by atoms with Crippen LogP contribution >= 0.6 is 15.9 Å². The minimum Gasteiger partial charge on any atom is -0.493 e. The fourth-order valence-corrected chi connectivity index (χ4v) is 4.07.